The molecule has 0 saturated heterocycles. The Bertz CT molecular complexity index is 1450. The summed E-state index contributed by atoms with van der Waals surface area (Å²) in [6, 6.07) is 20.7. The number of rotatable bonds is 9. The van der Waals surface area contributed by atoms with Gasteiger partial charge in [0.05, 0.1) is 24.4 Å². The number of fused-ring (bicyclic) bond motifs is 1. The number of ether oxygens (including phenoxy) is 2. The molecule has 4 rings (SSSR count). The molecule has 4 aromatic rings. The summed E-state index contributed by atoms with van der Waals surface area (Å²) in [4.78, 5) is 37.1. The van der Waals surface area contributed by atoms with E-state index in [1.165, 1.54) is 17.6 Å². The Hall–Kier alpha value is -4.21. The molecule has 0 fully saturated rings. The highest BCUT2D eigenvalue weighted by atomic mass is 35.5. The fourth-order valence-electron chi connectivity index (χ4n) is 3.27. The van der Waals surface area contributed by atoms with Gasteiger partial charge in [0.15, 0.2) is 0 Å². The van der Waals surface area contributed by atoms with Gasteiger partial charge in [0.25, 0.3) is 11.8 Å². The lowest BCUT2D eigenvalue weighted by molar-refractivity contribution is -0.120. The highest BCUT2D eigenvalue weighted by molar-refractivity contribution is 7.21. The average Bonchev–Trinajstić information content (AvgIpc) is 3.25. The van der Waals surface area contributed by atoms with E-state index in [9.17, 15) is 14.4 Å². The molecule has 0 atom stereocenters. The Morgan fingerprint density at radius 3 is 2.38 bits per heavy atom. The van der Waals surface area contributed by atoms with Crippen molar-refractivity contribution in [2.75, 3.05) is 13.2 Å². The number of thiophene rings is 1. The number of halogens is 1. The highest BCUT2D eigenvalue weighted by Crippen LogP contribution is 2.35. The second-order valence-electron chi connectivity index (χ2n) is 7.63. The number of benzene rings is 3. The van der Waals surface area contributed by atoms with Crippen LogP contribution in [0.15, 0.2) is 77.9 Å². The van der Waals surface area contributed by atoms with Gasteiger partial charge in [0, 0.05) is 15.6 Å². The molecule has 10 heteroatoms. The van der Waals surface area contributed by atoms with Crippen LogP contribution in [0.3, 0.4) is 0 Å². The van der Waals surface area contributed by atoms with E-state index >= 15 is 0 Å². The molecular weight excluding hydrogens is 514 g/mol. The number of hydrogen-bond acceptors (Lipinski definition) is 7. The molecule has 188 valence electrons. The summed E-state index contributed by atoms with van der Waals surface area (Å²) in [5.41, 5.74) is 3.43. The van der Waals surface area contributed by atoms with E-state index in [2.05, 4.69) is 15.8 Å². The van der Waals surface area contributed by atoms with Gasteiger partial charge in [-0.1, -0.05) is 29.8 Å². The molecule has 0 saturated carbocycles. The van der Waals surface area contributed by atoms with Crippen molar-refractivity contribution < 1.29 is 23.9 Å². The van der Waals surface area contributed by atoms with Crippen molar-refractivity contribution in [1.82, 2.24) is 10.7 Å². The monoisotopic (exact) mass is 535 g/mol. The molecule has 0 aliphatic heterocycles. The zero-order chi connectivity index (χ0) is 26.2. The number of hydrogen-bond donors (Lipinski definition) is 2. The zero-order valence-electron chi connectivity index (χ0n) is 19.7. The quantitative estimate of drug-likeness (QED) is 0.135. The van der Waals surface area contributed by atoms with Crippen LogP contribution < -0.4 is 20.2 Å². The Morgan fingerprint density at radius 2 is 1.68 bits per heavy atom. The number of nitrogens with one attached hydrogen (secondary N) is 2. The minimum Gasteiger partial charge on any atom is -0.494 e. The summed E-state index contributed by atoms with van der Waals surface area (Å²) >= 11 is 7.62. The predicted octanol–water partition coefficient (Wildman–Crippen LogP) is 5.05. The largest absolute Gasteiger partial charge is 0.494 e. The molecular formula is C27H22ClN3O5S. The van der Waals surface area contributed by atoms with Gasteiger partial charge in [-0.25, -0.2) is 10.2 Å². The molecule has 0 radical (unpaired) electrons. The standard InChI is InChI=1S/C27H22ClN3O5S/c1-2-35-19-13-9-18(10-14-19)26(33)29-16-23(32)31-30-15-17-7-11-20(12-8-17)36-27(34)25-24(28)21-5-3-4-6-22(21)37-25/h3-15H,2,16H2,1H3,(H,29,33)(H,31,32)/b30-15-. The number of esters is 1. The van der Waals surface area contributed by atoms with Crippen LogP contribution in [0.1, 0.15) is 32.5 Å². The number of amides is 2. The molecule has 0 spiro atoms. The average molecular weight is 536 g/mol. The lowest BCUT2D eigenvalue weighted by Gasteiger charge is -2.06. The van der Waals surface area contributed by atoms with Crippen molar-refractivity contribution in [3.05, 3.63) is 93.8 Å². The normalized spacial score (nSPS) is 10.9. The van der Waals surface area contributed by atoms with Gasteiger partial charge in [0.2, 0.25) is 0 Å². The summed E-state index contributed by atoms with van der Waals surface area (Å²) in [7, 11) is 0. The molecule has 0 aliphatic carbocycles. The Kier molecular flexibility index (Phi) is 8.50. The van der Waals surface area contributed by atoms with Crippen LogP contribution in [-0.2, 0) is 4.79 Å². The van der Waals surface area contributed by atoms with Crippen molar-refractivity contribution in [3.8, 4) is 11.5 Å². The molecule has 1 aromatic heterocycles. The van der Waals surface area contributed by atoms with Crippen molar-refractivity contribution in [1.29, 1.82) is 0 Å². The van der Waals surface area contributed by atoms with E-state index in [-0.39, 0.29) is 12.5 Å². The van der Waals surface area contributed by atoms with Gasteiger partial charge in [-0.2, -0.15) is 5.10 Å². The third-order valence-corrected chi connectivity index (χ3v) is 6.71. The molecule has 0 bridgehead atoms. The van der Waals surface area contributed by atoms with Gasteiger partial charge in [0.1, 0.15) is 16.4 Å². The SMILES string of the molecule is CCOc1ccc(C(=O)NCC(=O)N/N=C\c2ccc(OC(=O)c3sc4ccccc4c3Cl)cc2)cc1. The van der Waals surface area contributed by atoms with Crippen LogP contribution in [0.4, 0.5) is 0 Å². The Morgan fingerprint density at radius 1 is 0.973 bits per heavy atom. The van der Waals surface area contributed by atoms with E-state index in [4.69, 9.17) is 21.1 Å². The van der Waals surface area contributed by atoms with Gasteiger partial charge >= 0.3 is 5.97 Å². The first-order valence-corrected chi connectivity index (χ1v) is 12.5. The smallest absolute Gasteiger partial charge is 0.355 e. The fourth-order valence-corrected chi connectivity index (χ4v) is 4.66. The summed E-state index contributed by atoms with van der Waals surface area (Å²) in [5, 5.41) is 7.60. The summed E-state index contributed by atoms with van der Waals surface area (Å²) in [6.07, 6.45) is 1.43. The predicted molar refractivity (Wildman–Crippen MR) is 144 cm³/mol. The zero-order valence-corrected chi connectivity index (χ0v) is 21.3. The van der Waals surface area contributed by atoms with Crippen molar-refractivity contribution >= 4 is 57.0 Å². The van der Waals surface area contributed by atoms with E-state index in [1.54, 1.807) is 48.5 Å². The fraction of sp³-hybridized carbons (Fsp3) is 0.111. The molecule has 2 N–H and O–H groups in total. The summed E-state index contributed by atoms with van der Waals surface area (Å²) < 4.78 is 11.7. The number of hydrazone groups is 1. The minimum absolute atomic E-state index is 0.238. The lowest BCUT2D eigenvalue weighted by atomic mass is 10.2. The van der Waals surface area contributed by atoms with Crippen LogP contribution in [0.5, 0.6) is 11.5 Å². The molecule has 0 unspecified atom stereocenters. The maximum atomic E-state index is 12.6. The lowest BCUT2D eigenvalue weighted by Crippen LogP contribution is -2.34. The van der Waals surface area contributed by atoms with Crippen molar-refractivity contribution in [2.24, 2.45) is 5.10 Å². The number of nitrogens with zero attached hydrogens (tertiary/aromatic N) is 1. The van der Waals surface area contributed by atoms with Crippen LogP contribution in [0, 0.1) is 0 Å². The topological polar surface area (TPSA) is 106 Å². The molecule has 2 amide bonds. The first kappa shape index (κ1) is 25.9. The highest BCUT2D eigenvalue weighted by Gasteiger charge is 2.19. The number of carbonyl (C=O) groups is 3. The van der Waals surface area contributed by atoms with Crippen LogP contribution in [-0.4, -0.2) is 37.1 Å². The van der Waals surface area contributed by atoms with Gasteiger partial charge in [-0.15, -0.1) is 11.3 Å². The van der Waals surface area contributed by atoms with Crippen LogP contribution in [0.25, 0.3) is 10.1 Å². The molecule has 1 heterocycles. The maximum Gasteiger partial charge on any atom is 0.355 e. The number of carbonyl (C=O) groups excluding carboxylic acids is 3. The van der Waals surface area contributed by atoms with Gasteiger partial charge in [-0.05, 0) is 67.1 Å². The third-order valence-electron chi connectivity index (χ3n) is 5.05. The van der Waals surface area contributed by atoms with E-state index in [0.717, 1.165) is 10.1 Å². The van der Waals surface area contributed by atoms with E-state index in [1.807, 2.05) is 31.2 Å². The van der Waals surface area contributed by atoms with Crippen molar-refractivity contribution in [2.45, 2.75) is 6.92 Å². The van der Waals surface area contributed by atoms with Gasteiger partial charge < -0.3 is 14.8 Å². The third kappa shape index (κ3) is 6.72. The van der Waals surface area contributed by atoms with E-state index < -0.39 is 11.9 Å². The van der Waals surface area contributed by atoms with Crippen LogP contribution >= 0.6 is 22.9 Å². The molecule has 37 heavy (non-hydrogen) atoms. The molecule has 3 aromatic carbocycles. The van der Waals surface area contributed by atoms with Crippen molar-refractivity contribution in [3.63, 3.8) is 0 Å². The second kappa shape index (κ2) is 12.2. The first-order chi connectivity index (χ1) is 17.9. The second-order valence-corrected chi connectivity index (χ2v) is 9.06. The molecule has 8 nitrogen and oxygen atoms in total. The molecule has 0 aliphatic rings. The first-order valence-electron chi connectivity index (χ1n) is 11.3. The Labute approximate surface area is 221 Å². The summed E-state index contributed by atoms with van der Waals surface area (Å²) in [6.45, 7) is 2.17. The maximum absolute atomic E-state index is 12.6. The van der Waals surface area contributed by atoms with E-state index in [0.29, 0.717) is 39.1 Å². The summed E-state index contributed by atoms with van der Waals surface area (Å²) in [5.74, 6) is -0.396. The minimum atomic E-state index is -0.535. The van der Waals surface area contributed by atoms with Crippen LogP contribution in [0.2, 0.25) is 5.02 Å². The van der Waals surface area contributed by atoms with Gasteiger partial charge in [-0.3, -0.25) is 9.59 Å². The Balaban J connectivity index is 1.24.